The van der Waals surface area contributed by atoms with Crippen LogP contribution in [0.4, 0.5) is 0 Å². The van der Waals surface area contributed by atoms with Crippen LogP contribution in [-0.4, -0.2) is 16.7 Å². The maximum absolute atomic E-state index is 5.22. The monoisotopic (exact) mass is 223 g/mol. The second-order valence-corrected chi connectivity index (χ2v) is 4.28. The Labute approximate surface area is 92.3 Å². The molecule has 0 aliphatic rings. The van der Waals surface area contributed by atoms with Gasteiger partial charge in [-0.15, -0.1) is 11.3 Å². The molecule has 15 heavy (non-hydrogen) atoms. The van der Waals surface area contributed by atoms with E-state index >= 15 is 0 Å². The van der Waals surface area contributed by atoms with Crippen molar-refractivity contribution in [1.29, 1.82) is 0 Å². The number of aryl methyl sites for hydroxylation is 1. The highest BCUT2D eigenvalue weighted by molar-refractivity contribution is 7.09. The van der Waals surface area contributed by atoms with Gasteiger partial charge in [-0.3, -0.25) is 0 Å². The molecule has 0 bridgehead atoms. The third-order valence-corrected chi connectivity index (χ3v) is 2.76. The van der Waals surface area contributed by atoms with Gasteiger partial charge in [-0.1, -0.05) is 12.1 Å². The van der Waals surface area contributed by atoms with Crippen LogP contribution in [0.5, 0.6) is 0 Å². The first-order valence-electron chi connectivity index (χ1n) is 4.88. The van der Waals surface area contributed by atoms with E-state index in [2.05, 4.69) is 22.4 Å². The molecule has 4 nitrogen and oxygen atoms in total. The number of hydrogen-bond donors (Lipinski definition) is 1. The number of rotatable bonds is 4. The molecule has 0 aliphatic carbocycles. The lowest BCUT2D eigenvalue weighted by molar-refractivity contribution is 0.419. The summed E-state index contributed by atoms with van der Waals surface area (Å²) < 4.78 is 5.22. The summed E-state index contributed by atoms with van der Waals surface area (Å²) in [4.78, 5) is 4.34. The first kappa shape index (κ1) is 10.3. The summed E-state index contributed by atoms with van der Waals surface area (Å²) in [7, 11) is 0. The molecule has 0 amide bonds. The van der Waals surface area contributed by atoms with Crippen molar-refractivity contribution in [3.05, 3.63) is 22.1 Å². The highest BCUT2D eigenvalue weighted by atomic mass is 32.1. The molecule has 80 valence electrons. The molecule has 5 heteroatoms. The molecule has 2 aromatic heterocycles. The summed E-state index contributed by atoms with van der Waals surface area (Å²) in [6.45, 7) is 5.70. The molecule has 0 saturated heterocycles. The Hall–Kier alpha value is -1.20. The normalized spacial score (nSPS) is 10.8. The molecule has 0 saturated carbocycles. The lowest BCUT2D eigenvalue weighted by atomic mass is 10.3. The smallest absolute Gasteiger partial charge is 0.186 e. The molecule has 0 radical (unpaired) electrons. The highest BCUT2D eigenvalue weighted by Crippen LogP contribution is 2.21. The number of aromatic nitrogens is 2. The zero-order valence-corrected chi connectivity index (χ0v) is 9.60. The van der Waals surface area contributed by atoms with Gasteiger partial charge in [0.15, 0.2) is 5.76 Å². The fraction of sp³-hybridized carbons (Fsp3) is 0.400. The van der Waals surface area contributed by atoms with Crippen LogP contribution in [0.3, 0.4) is 0 Å². The van der Waals surface area contributed by atoms with Crippen molar-refractivity contribution >= 4 is 11.3 Å². The Kier molecular flexibility index (Phi) is 3.13. The van der Waals surface area contributed by atoms with Crippen LogP contribution in [0.1, 0.15) is 17.6 Å². The molecule has 0 unspecified atom stereocenters. The van der Waals surface area contributed by atoms with Crippen molar-refractivity contribution in [2.45, 2.75) is 20.4 Å². The van der Waals surface area contributed by atoms with Crippen molar-refractivity contribution in [2.24, 2.45) is 0 Å². The Balaban J connectivity index is 2.13. The number of hydrogen-bond acceptors (Lipinski definition) is 5. The van der Waals surface area contributed by atoms with Crippen LogP contribution >= 0.6 is 11.3 Å². The van der Waals surface area contributed by atoms with Crippen LogP contribution in [0, 0.1) is 6.92 Å². The van der Waals surface area contributed by atoms with Crippen molar-refractivity contribution in [3.8, 4) is 11.5 Å². The van der Waals surface area contributed by atoms with Crippen LogP contribution in [0.15, 0.2) is 16.0 Å². The largest absolute Gasteiger partial charge is 0.354 e. The highest BCUT2D eigenvalue weighted by Gasteiger charge is 2.08. The molecule has 0 fully saturated rings. The lowest BCUT2D eigenvalue weighted by Gasteiger charge is -1.92. The van der Waals surface area contributed by atoms with Crippen LogP contribution in [0.2, 0.25) is 0 Å². The van der Waals surface area contributed by atoms with Gasteiger partial charge >= 0.3 is 0 Å². The summed E-state index contributed by atoms with van der Waals surface area (Å²) in [6, 6.07) is 1.93. The molecular formula is C10H13N3OS. The van der Waals surface area contributed by atoms with Crippen molar-refractivity contribution in [2.75, 3.05) is 6.54 Å². The predicted molar refractivity (Wildman–Crippen MR) is 59.7 cm³/mol. The van der Waals surface area contributed by atoms with E-state index in [9.17, 15) is 0 Å². The standard InChI is InChI=1S/C10H13N3OS/c1-3-11-5-8-4-10(14-13-8)9-6-15-7(2)12-9/h4,6,11H,3,5H2,1-2H3. The zero-order valence-electron chi connectivity index (χ0n) is 8.78. The second-order valence-electron chi connectivity index (χ2n) is 3.21. The second kappa shape index (κ2) is 4.55. The van der Waals surface area contributed by atoms with Gasteiger partial charge in [0.25, 0.3) is 0 Å². The average molecular weight is 223 g/mol. The summed E-state index contributed by atoms with van der Waals surface area (Å²) >= 11 is 1.61. The predicted octanol–water partition coefficient (Wildman–Crippen LogP) is 2.22. The topological polar surface area (TPSA) is 51.0 Å². The average Bonchev–Trinajstić information content (AvgIpc) is 2.83. The van der Waals surface area contributed by atoms with Gasteiger partial charge < -0.3 is 9.84 Å². The van der Waals surface area contributed by atoms with Gasteiger partial charge in [0.1, 0.15) is 5.69 Å². The Morgan fingerprint density at radius 2 is 2.40 bits per heavy atom. The first-order valence-corrected chi connectivity index (χ1v) is 5.76. The SMILES string of the molecule is CCNCc1cc(-c2csc(C)n2)on1. The van der Waals surface area contributed by atoms with E-state index in [0.29, 0.717) is 0 Å². The minimum absolute atomic E-state index is 0.739. The first-order chi connectivity index (χ1) is 7.29. The molecule has 2 rings (SSSR count). The summed E-state index contributed by atoms with van der Waals surface area (Å²) in [5, 5.41) is 10.2. The molecule has 2 heterocycles. The van der Waals surface area contributed by atoms with Gasteiger partial charge in [-0.2, -0.15) is 0 Å². The van der Waals surface area contributed by atoms with E-state index in [4.69, 9.17) is 4.52 Å². The minimum Gasteiger partial charge on any atom is -0.354 e. The maximum atomic E-state index is 5.22. The Bertz CT molecular complexity index is 435. The van der Waals surface area contributed by atoms with E-state index in [1.54, 1.807) is 11.3 Å². The van der Waals surface area contributed by atoms with Crippen molar-refractivity contribution in [3.63, 3.8) is 0 Å². The molecule has 1 N–H and O–H groups in total. The van der Waals surface area contributed by atoms with E-state index in [-0.39, 0.29) is 0 Å². The molecule has 2 aromatic rings. The summed E-state index contributed by atoms with van der Waals surface area (Å²) in [6.07, 6.45) is 0. The van der Waals surface area contributed by atoms with E-state index in [1.165, 1.54) is 0 Å². The maximum Gasteiger partial charge on any atom is 0.186 e. The van der Waals surface area contributed by atoms with Gasteiger partial charge in [0.05, 0.1) is 10.7 Å². The van der Waals surface area contributed by atoms with Crippen LogP contribution in [-0.2, 0) is 6.54 Å². The van der Waals surface area contributed by atoms with Gasteiger partial charge in [0, 0.05) is 18.0 Å². The van der Waals surface area contributed by atoms with Crippen LogP contribution < -0.4 is 5.32 Å². The van der Waals surface area contributed by atoms with E-state index in [0.717, 1.165) is 35.2 Å². The van der Waals surface area contributed by atoms with Crippen LogP contribution in [0.25, 0.3) is 11.5 Å². The van der Waals surface area contributed by atoms with E-state index < -0.39 is 0 Å². The molecule has 0 aliphatic heterocycles. The number of nitrogens with one attached hydrogen (secondary N) is 1. The lowest BCUT2D eigenvalue weighted by Crippen LogP contribution is -2.11. The minimum atomic E-state index is 0.739. The molecule has 0 spiro atoms. The number of nitrogens with zero attached hydrogens (tertiary/aromatic N) is 2. The quantitative estimate of drug-likeness (QED) is 0.863. The fourth-order valence-electron chi connectivity index (χ4n) is 1.25. The summed E-state index contributed by atoms with van der Waals surface area (Å²) in [5.74, 6) is 0.743. The Morgan fingerprint density at radius 1 is 1.53 bits per heavy atom. The fourth-order valence-corrected chi connectivity index (χ4v) is 1.85. The van der Waals surface area contributed by atoms with Gasteiger partial charge in [-0.05, 0) is 13.5 Å². The Morgan fingerprint density at radius 3 is 3.07 bits per heavy atom. The molecular weight excluding hydrogens is 210 g/mol. The zero-order chi connectivity index (χ0) is 10.7. The third-order valence-electron chi connectivity index (χ3n) is 1.99. The third kappa shape index (κ3) is 2.43. The van der Waals surface area contributed by atoms with E-state index in [1.807, 2.05) is 18.4 Å². The molecule has 0 atom stereocenters. The van der Waals surface area contributed by atoms with Crippen molar-refractivity contribution < 1.29 is 4.52 Å². The molecule has 0 aromatic carbocycles. The van der Waals surface area contributed by atoms with Gasteiger partial charge in [-0.25, -0.2) is 4.98 Å². The summed E-state index contributed by atoms with van der Waals surface area (Å²) in [5.41, 5.74) is 1.78. The van der Waals surface area contributed by atoms with Gasteiger partial charge in [0.2, 0.25) is 0 Å². The van der Waals surface area contributed by atoms with Crippen molar-refractivity contribution in [1.82, 2.24) is 15.5 Å². The number of thiazole rings is 1.